The summed E-state index contributed by atoms with van der Waals surface area (Å²) in [5, 5.41) is 15.3. The van der Waals surface area contributed by atoms with Gasteiger partial charge in [0.2, 0.25) is 11.8 Å². The van der Waals surface area contributed by atoms with E-state index in [4.69, 9.17) is 15.6 Å². The van der Waals surface area contributed by atoms with Crippen LogP contribution >= 0.6 is 0 Å². The van der Waals surface area contributed by atoms with Gasteiger partial charge in [-0.05, 0) is 68.7 Å². The monoisotopic (exact) mass is 759 g/mol. The fraction of sp³-hybridized carbons (Fsp3) is 0.333. The number of imide groups is 2. The average Bonchev–Trinajstić information content (AvgIpc) is 3.94. The highest BCUT2D eigenvalue weighted by Crippen LogP contribution is 2.36. The minimum atomic E-state index is -0.986. The second kappa shape index (κ2) is 14.0. The van der Waals surface area contributed by atoms with Gasteiger partial charge in [0.15, 0.2) is 11.6 Å². The Hall–Kier alpha value is -6.49. The number of ether oxygens (including phenoxy) is 1. The smallest absolute Gasteiger partial charge is 0.262 e. The highest BCUT2D eigenvalue weighted by Gasteiger charge is 2.45. The van der Waals surface area contributed by atoms with Gasteiger partial charge in [-0.25, -0.2) is 9.37 Å². The number of carbonyl (C=O) groups excluding carboxylic acids is 4. The van der Waals surface area contributed by atoms with Crippen molar-refractivity contribution in [1.29, 1.82) is 0 Å². The summed E-state index contributed by atoms with van der Waals surface area (Å²) in [5.74, 6) is -1.86. The molecular formula is C39H38FN11O5. The van der Waals surface area contributed by atoms with Crippen LogP contribution in [0.4, 0.5) is 15.9 Å². The van der Waals surface area contributed by atoms with E-state index in [1.54, 1.807) is 43.7 Å². The van der Waals surface area contributed by atoms with E-state index in [0.717, 1.165) is 60.7 Å². The number of hydrogen-bond acceptors (Lipinski definition) is 12. The van der Waals surface area contributed by atoms with Crippen LogP contribution in [0, 0.1) is 5.82 Å². The molecule has 0 aliphatic carbocycles. The summed E-state index contributed by atoms with van der Waals surface area (Å²) in [7, 11) is 0. The fourth-order valence-corrected chi connectivity index (χ4v) is 8.09. The molecule has 3 aromatic heterocycles. The first-order valence-electron chi connectivity index (χ1n) is 18.6. The molecule has 0 radical (unpaired) electrons. The number of nitrogens with two attached hydrogens (primary N) is 1. The van der Waals surface area contributed by atoms with E-state index in [1.807, 2.05) is 29.2 Å². The predicted molar refractivity (Wildman–Crippen MR) is 199 cm³/mol. The normalized spacial score (nSPS) is 19.9. The molecule has 7 heterocycles. The molecule has 17 heteroatoms. The number of carbonyl (C=O) groups is 4. The zero-order chi connectivity index (χ0) is 38.7. The maximum Gasteiger partial charge on any atom is 0.262 e. The molecule has 3 N–H and O–H groups in total. The molecule has 0 spiro atoms. The lowest BCUT2D eigenvalue weighted by Crippen LogP contribution is -2.61. The average molecular weight is 760 g/mol. The molecule has 9 rings (SSSR count). The Morgan fingerprint density at radius 2 is 1.64 bits per heavy atom. The van der Waals surface area contributed by atoms with E-state index in [2.05, 4.69) is 30.3 Å². The van der Waals surface area contributed by atoms with E-state index in [0.29, 0.717) is 23.0 Å². The SMILES string of the molecule is C[C@@H](Oc1cc(-c2cnn(C3CCN(C4CN(c5ccc6c(c5)C(=O)N(C5CCC(=O)NC5=O)C6=O)C4)CC3)c2)cnc1N)c1cc(F)ccc1-n1nccn1. The minimum absolute atomic E-state index is 0.0810. The van der Waals surface area contributed by atoms with Crippen molar-refractivity contribution in [3.63, 3.8) is 0 Å². The summed E-state index contributed by atoms with van der Waals surface area (Å²) in [6.07, 6.45) is 10.1. The molecule has 1 unspecified atom stereocenters. The number of pyridine rings is 1. The van der Waals surface area contributed by atoms with Crippen molar-refractivity contribution < 1.29 is 28.3 Å². The number of amides is 4. The lowest BCUT2D eigenvalue weighted by Gasteiger charge is -2.48. The van der Waals surface area contributed by atoms with Crippen LogP contribution in [0.5, 0.6) is 5.75 Å². The predicted octanol–water partition coefficient (Wildman–Crippen LogP) is 3.31. The zero-order valence-corrected chi connectivity index (χ0v) is 30.4. The summed E-state index contributed by atoms with van der Waals surface area (Å²) in [6.45, 7) is 5.21. The zero-order valence-electron chi connectivity index (χ0n) is 30.4. The van der Waals surface area contributed by atoms with Gasteiger partial charge in [-0.1, -0.05) is 0 Å². The molecule has 0 saturated carbocycles. The van der Waals surface area contributed by atoms with Gasteiger partial charge in [0.25, 0.3) is 11.8 Å². The van der Waals surface area contributed by atoms with Gasteiger partial charge >= 0.3 is 0 Å². The van der Waals surface area contributed by atoms with Crippen LogP contribution in [0.15, 0.2) is 73.4 Å². The van der Waals surface area contributed by atoms with Gasteiger partial charge in [0, 0.05) is 73.4 Å². The maximum absolute atomic E-state index is 14.3. The van der Waals surface area contributed by atoms with Crippen molar-refractivity contribution in [2.45, 2.75) is 56.8 Å². The molecule has 4 aliphatic heterocycles. The van der Waals surface area contributed by atoms with E-state index in [1.165, 1.54) is 16.9 Å². The van der Waals surface area contributed by atoms with E-state index >= 15 is 0 Å². The van der Waals surface area contributed by atoms with Crippen molar-refractivity contribution in [3.8, 4) is 22.6 Å². The molecule has 0 bridgehead atoms. The number of likely N-dealkylation sites (tertiary alicyclic amines) is 1. The Morgan fingerprint density at radius 3 is 2.41 bits per heavy atom. The van der Waals surface area contributed by atoms with E-state index < -0.39 is 41.6 Å². The third-order valence-electron chi connectivity index (χ3n) is 11.2. The van der Waals surface area contributed by atoms with Crippen LogP contribution in [-0.2, 0) is 9.59 Å². The number of fused-ring (bicyclic) bond motifs is 1. The van der Waals surface area contributed by atoms with Crippen LogP contribution < -0.4 is 20.7 Å². The number of piperidine rings is 2. The number of nitrogens with zero attached hydrogens (tertiary/aromatic N) is 9. The number of aromatic nitrogens is 6. The Morgan fingerprint density at radius 1 is 0.875 bits per heavy atom. The Bertz CT molecular complexity index is 2370. The van der Waals surface area contributed by atoms with Crippen LogP contribution in [-0.4, -0.2) is 101 Å². The number of anilines is 2. The van der Waals surface area contributed by atoms with Crippen molar-refractivity contribution in [1.82, 2.24) is 44.9 Å². The molecule has 16 nitrogen and oxygen atoms in total. The summed E-state index contributed by atoms with van der Waals surface area (Å²) < 4.78 is 22.6. The second-order valence-electron chi connectivity index (χ2n) is 14.6. The maximum atomic E-state index is 14.3. The molecule has 5 aromatic rings. The minimum Gasteiger partial charge on any atom is -0.482 e. The first-order chi connectivity index (χ1) is 27.1. The van der Waals surface area contributed by atoms with Crippen molar-refractivity contribution >= 4 is 35.1 Å². The standard InChI is InChI=1S/C39H38FN11O5/c1-22(30-15-25(40)2-5-32(30)51-43-10-11-44-51)56-34-14-23(17-42-36(34)41)24-18-45-49(19-24)26-8-12-47(13-9-26)28-20-48(21-28)27-3-4-29-31(16-27)39(55)50(38(29)54)33-6-7-35(52)46-37(33)53/h2-5,10-11,14-19,22,26,28,33H,6-9,12-13,20-21H2,1H3,(H2,41,42)(H,46,52,53)/t22-,33?/m1/s1. The molecule has 4 aliphatic rings. The largest absolute Gasteiger partial charge is 0.482 e. The first kappa shape index (κ1) is 35.2. The van der Waals surface area contributed by atoms with Gasteiger partial charge in [0.1, 0.15) is 18.0 Å². The second-order valence-corrected chi connectivity index (χ2v) is 14.6. The number of nitrogens with one attached hydrogen (secondary N) is 1. The quantitative estimate of drug-likeness (QED) is 0.209. The van der Waals surface area contributed by atoms with Crippen LogP contribution in [0.3, 0.4) is 0 Å². The topological polar surface area (TPSA) is 187 Å². The van der Waals surface area contributed by atoms with Gasteiger partial charge in [-0.3, -0.25) is 39.0 Å². The number of benzene rings is 2. The van der Waals surface area contributed by atoms with Crippen LogP contribution in [0.1, 0.15) is 71.0 Å². The van der Waals surface area contributed by atoms with Crippen LogP contribution in [0.2, 0.25) is 0 Å². The highest BCUT2D eigenvalue weighted by molar-refractivity contribution is 6.23. The van der Waals surface area contributed by atoms with Gasteiger partial charge in [-0.2, -0.15) is 20.1 Å². The number of hydrogen-bond donors (Lipinski definition) is 2. The van der Waals surface area contributed by atoms with Gasteiger partial charge in [0.05, 0.1) is 41.4 Å². The van der Waals surface area contributed by atoms with Gasteiger partial charge < -0.3 is 15.4 Å². The molecule has 286 valence electrons. The number of halogens is 1. The van der Waals surface area contributed by atoms with E-state index in [-0.39, 0.29) is 35.8 Å². The van der Waals surface area contributed by atoms with Gasteiger partial charge in [-0.15, -0.1) is 0 Å². The summed E-state index contributed by atoms with van der Waals surface area (Å²) in [6, 6.07) is 11.0. The fourth-order valence-electron chi connectivity index (χ4n) is 8.09. The molecule has 2 atom stereocenters. The lowest BCUT2D eigenvalue weighted by atomic mass is 9.98. The van der Waals surface area contributed by atoms with E-state index in [9.17, 15) is 23.6 Å². The molecule has 3 saturated heterocycles. The molecule has 3 fully saturated rings. The number of nitrogen functional groups attached to an aromatic ring is 1. The molecule has 56 heavy (non-hydrogen) atoms. The highest BCUT2D eigenvalue weighted by atomic mass is 19.1. The molecular weight excluding hydrogens is 721 g/mol. The number of rotatable bonds is 9. The Kier molecular flexibility index (Phi) is 8.79. The molecule has 4 amide bonds. The summed E-state index contributed by atoms with van der Waals surface area (Å²) in [5.41, 5.74) is 10.4. The van der Waals surface area contributed by atoms with Crippen molar-refractivity contribution in [2.75, 3.05) is 36.8 Å². The Labute approximate surface area is 320 Å². The summed E-state index contributed by atoms with van der Waals surface area (Å²) in [4.78, 5) is 61.9. The third-order valence-corrected chi connectivity index (χ3v) is 11.2. The van der Waals surface area contributed by atoms with Crippen LogP contribution in [0.25, 0.3) is 16.8 Å². The van der Waals surface area contributed by atoms with Crippen molar-refractivity contribution in [3.05, 3.63) is 96.0 Å². The lowest BCUT2D eigenvalue weighted by molar-refractivity contribution is -0.136. The Balaban J connectivity index is 0.803. The molecule has 2 aromatic carbocycles. The third kappa shape index (κ3) is 6.32. The van der Waals surface area contributed by atoms with Crippen molar-refractivity contribution in [2.24, 2.45) is 0 Å². The summed E-state index contributed by atoms with van der Waals surface area (Å²) >= 11 is 0. The first-order valence-corrected chi connectivity index (χ1v) is 18.6.